The lowest BCUT2D eigenvalue weighted by Crippen LogP contribution is -2.50. The number of rotatable bonds is 2. The molecule has 0 saturated heterocycles. The van der Waals surface area contributed by atoms with Crippen molar-refractivity contribution in [3.63, 3.8) is 0 Å². The molecule has 0 aromatic heterocycles. The van der Waals surface area contributed by atoms with Crippen LogP contribution in [-0.4, -0.2) is 10.8 Å². The van der Waals surface area contributed by atoms with Crippen molar-refractivity contribution < 1.29 is 4.79 Å². The van der Waals surface area contributed by atoms with Gasteiger partial charge in [0, 0.05) is 0 Å². The van der Waals surface area contributed by atoms with Gasteiger partial charge in [-0.25, -0.2) is 0 Å². The van der Waals surface area contributed by atoms with E-state index < -0.39 is 10.3 Å². The molecule has 0 aliphatic heterocycles. The second-order valence-electron chi connectivity index (χ2n) is 4.48. The average Bonchev–Trinajstić information content (AvgIpc) is 2.03. The fraction of sp³-hybridized carbons (Fsp3) is 0.900. The first-order chi connectivity index (χ1) is 5.90. The quantitative estimate of drug-likeness (QED) is 0.689. The number of carbonyl (C=O) groups is 1. The first-order valence-corrected chi connectivity index (χ1v) is 5.27. The Bertz CT molecular complexity index is 201. The summed E-state index contributed by atoms with van der Waals surface area (Å²) in [5.74, 6) is -0.229. The molecule has 1 saturated carbocycles. The highest BCUT2D eigenvalue weighted by Crippen LogP contribution is 2.47. The molecule has 1 amide bonds. The Hall–Kier alpha value is -0.240. The zero-order valence-corrected chi connectivity index (χ0v) is 9.16. The molecule has 76 valence electrons. The van der Waals surface area contributed by atoms with Gasteiger partial charge in [0.1, 0.15) is 0 Å². The summed E-state index contributed by atoms with van der Waals surface area (Å²) in [6.07, 6.45) is 5.03. The van der Waals surface area contributed by atoms with Gasteiger partial charge in [0.15, 0.2) is 0 Å². The van der Waals surface area contributed by atoms with Gasteiger partial charge in [-0.2, -0.15) is 0 Å². The van der Waals surface area contributed by atoms with Gasteiger partial charge in [-0.1, -0.05) is 19.3 Å². The Morgan fingerprint density at radius 3 is 2.00 bits per heavy atom. The van der Waals surface area contributed by atoms with Crippen molar-refractivity contribution in [3.05, 3.63) is 0 Å². The number of nitrogens with two attached hydrogens (primary N) is 1. The van der Waals surface area contributed by atoms with Gasteiger partial charge in [-0.05, 0) is 26.7 Å². The second kappa shape index (κ2) is 3.49. The number of hydrogen-bond acceptors (Lipinski definition) is 1. The molecule has 13 heavy (non-hydrogen) atoms. The molecule has 0 aromatic rings. The van der Waals surface area contributed by atoms with Crippen molar-refractivity contribution in [3.8, 4) is 0 Å². The van der Waals surface area contributed by atoms with Gasteiger partial charge in [0.2, 0.25) is 5.91 Å². The zero-order valence-electron chi connectivity index (χ0n) is 8.40. The second-order valence-corrected chi connectivity index (χ2v) is 5.42. The molecule has 3 heteroatoms. The van der Waals surface area contributed by atoms with Crippen LogP contribution in [-0.2, 0) is 4.79 Å². The van der Waals surface area contributed by atoms with Crippen LogP contribution in [0.2, 0.25) is 0 Å². The van der Waals surface area contributed by atoms with Crippen molar-refractivity contribution >= 4 is 17.5 Å². The first-order valence-electron chi connectivity index (χ1n) is 4.89. The van der Waals surface area contributed by atoms with Crippen LogP contribution in [0.4, 0.5) is 0 Å². The Kier molecular flexibility index (Phi) is 2.91. The minimum atomic E-state index is -0.515. The molecule has 1 aliphatic carbocycles. The van der Waals surface area contributed by atoms with Crippen LogP contribution in [0.5, 0.6) is 0 Å². The summed E-state index contributed by atoms with van der Waals surface area (Å²) in [5.41, 5.74) is 4.99. The average molecular weight is 204 g/mol. The van der Waals surface area contributed by atoms with Gasteiger partial charge in [-0.15, -0.1) is 11.6 Å². The van der Waals surface area contributed by atoms with E-state index in [9.17, 15) is 4.79 Å². The summed E-state index contributed by atoms with van der Waals surface area (Å²) in [6.45, 7) is 3.79. The van der Waals surface area contributed by atoms with E-state index in [1.165, 1.54) is 6.42 Å². The van der Waals surface area contributed by atoms with E-state index in [1.807, 2.05) is 13.8 Å². The smallest absolute Gasteiger partial charge is 0.225 e. The van der Waals surface area contributed by atoms with Gasteiger partial charge in [0.25, 0.3) is 0 Å². The third kappa shape index (κ3) is 1.83. The van der Waals surface area contributed by atoms with Crippen LogP contribution in [0.1, 0.15) is 46.0 Å². The first kappa shape index (κ1) is 10.8. The van der Waals surface area contributed by atoms with Gasteiger partial charge < -0.3 is 5.73 Å². The third-order valence-electron chi connectivity index (χ3n) is 3.32. The Morgan fingerprint density at radius 1 is 1.31 bits per heavy atom. The summed E-state index contributed by atoms with van der Waals surface area (Å²) in [4.78, 5) is 10.9. The maximum atomic E-state index is 11.5. The molecular weight excluding hydrogens is 186 g/mol. The predicted octanol–water partition coefficient (Wildman–Crippen LogP) is 2.44. The summed E-state index contributed by atoms with van der Waals surface area (Å²) in [5, 5.41) is 0. The number of amides is 1. The largest absolute Gasteiger partial charge is 0.369 e. The van der Waals surface area contributed by atoms with Crippen molar-refractivity contribution in [2.75, 3.05) is 0 Å². The van der Waals surface area contributed by atoms with Gasteiger partial charge in [-0.3, -0.25) is 4.79 Å². The molecule has 0 aromatic carbocycles. The molecule has 0 radical (unpaired) electrons. The third-order valence-corrected chi connectivity index (χ3v) is 3.68. The summed E-state index contributed by atoms with van der Waals surface area (Å²) in [7, 11) is 0. The Morgan fingerprint density at radius 2 is 1.77 bits per heavy atom. The van der Waals surface area contributed by atoms with E-state index in [1.54, 1.807) is 0 Å². The van der Waals surface area contributed by atoms with Crippen molar-refractivity contribution in [2.45, 2.75) is 50.8 Å². The molecule has 0 bridgehead atoms. The molecule has 1 rings (SSSR count). The summed E-state index contributed by atoms with van der Waals surface area (Å²) in [6, 6.07) is 0. The molecule has 0 heterocycles. The van der Waals surface area contributed by atoms with Crippen molar-refractivity contribution in [1.82, 2.24) is 0 Å². The van der Waals surface area contributed by atoms with Crippen LogP contribution >= 0.6 is 11.6 Å². The highest BCUT2D eigenvalue weighted by Gasteiger charge is 2.49. The minimum absolute atomic E-state index is 0.229. The minimum Gasteiger partial charge on any atom is -0.369 e. The molecule has 2 N–H and O–H groups in total. The lowest BCUT2D eigenvalue weighted by Gasteiger charge is -2.43. The fourth-order valence-corrected chi connectivity index (χ4v) is 2.57. The standard InChI is InChI=1S/C10H18ClNO/c1-9(2,11)10(8(12)13)6-4-3-5-7-10/h3-7H2,1-2H3,(H2,12,13). The molecule has 2 nitrogen and oxygen atoms in total. The molecule has 0 atom stereocenters. The van der Waals surface area contributed by atoms with Crippen molar-refractivity contribution in [2.24, 2.45) is 11.1 Å². The van der Waals surface area contributed by atoms with E-state index in [2.05, 4.69) is 0 Å². The Balaban J connectivity index is 2.93. The number of halogens is 1. The molecule has 0 unspecified atom stereocenters. The summed E-state index contributed by atoms with van der Waals surface area (Å²) >= 11 is 6.26. The number of primary amides is 1. The normalized spacial score (nSPS) is 22.7. The highest BCUT2D eigenvalue weighted by molar-refractivity contribution is 6.25. The van der Waals surface area contributed by atoms with E-state index >= 15 is 0 Å². The maximum Gasteiger partial charge on any atom is 0.225 e. The number of hydrogen-bond donors (Lipinski definition) is 1. The van der Waals surface area contributed by atoms with E-state index in [4.69, 9.17) is 17.3 Å². The molecular formula is C10H18ClNO. The Labute approximate surface area is 84.8 Å². The van der Waals surface area contributed by atoms with Crippen molar-refractivity contribution in [1.29, 1.82) is 0 Å². The molecule has 0 spiro atoms. The number of carbonyl (C=O) groups excluding carboxylic acids is 1. The topological polar surface area (TPSA) is 43.1 Å². The highest BCUT2D eigenvalue weighted by atomic mass is 35.5. The molecule has 1 fully saturated rings. The van der Waals surface area contributed by atoms with Crippen LogP contribution in [0.3, 0.4) is 0 Å². The predicted molar refractivity (Wildman–Crippen MR) is 54.6 cm³/mol. The SMILES string of the molecule is CC(C)(Cl)C1(C(N)=O)CCCCC1. The lowest BCUT2D eigenvalue weighted by molar-refractivity contribution is -0.131. The number of alkyl halides is 1. The zero-order chi connectivity index (χ0) is 10.1. The maximum absolute atomic E-state index is 11.5. The molecule has 1 aliphatic rings. The van der Waals surface area contributed by atoms with E-state index in [0.29, 0.717) is 0 Å². The monoisotopic (exact) mass is 203 g/mol. The van der Waals surface area contributed by atoms with Gasteiger partial charge in [0.05, 0.1) is 10.3 Å². The van der Waals surface area contributed by atoms with Crippen LogP contribution in [0.15, 0.2) is 0 Å². The fourth-order valence-electron chi connectivity index (χ4n) is 2.29. The van der Waals surface area contributed by atoms with Crippen LogP contribution in [0, 0.1) is 5.41 Å². The van der Waals surface area contributed by atoms with Crippen LogP contribution in [0.25, 0.3) is 0 Å². The lowest BCUT2D eigenvalue weighted by atomic mass is 9.66. The van der Waals surface area contributed by atoms with Crippen LogP contribution < -0.4 is 5.73 Å². The van der Waals surface area contributed by atoms with E-state index in [0.717, 1.165) is 25.7 Å². The summed E-state index contributed by atoms with van der Waals surface area (Å²) < 4.78 is 0. The van der Waals surface area contributed by atoms with E-state index in [-0.39, 0.29) is 5.91 Å². The van der Waals surface area contributed by atoms with Gasteiger partial charge >= 0.3 is 0 Å².